The number of nitrogens with zero attached hydrogens (tertiary/aromatic N) is 3. The second-order valence-electron chi connectivity index (χ2n) is 4.23. The SMILES string of the molecule is CCCN1CCN(c2snc(N)c2OC)CC1. The zero-order chi connectivity index (χ0) is 12.3. The molecule has 1 saturated heterocycles. The number of ether oxygens (including phenoxy) is 1. The molecule has 6 heteroatoms. The van der Waals surface area contributed by atoms with Crippen LogP contribution in [-0.2, 0) is 0 Å². The monoisotopic (exact) mass is 256 g/mol. The van der Waals surface area contributed by atoms with Crippen LogP contribution in [-0.4, -0.2) is 49.1 Å². The number of nitrogen functional groups attached to an aromatic ring is 1. The van der Waals surface area contributed by atoms with E-state index in [1.807, 2.05) is 0 Å². The quantitative estimate of drug-likeness (QED) is 0.879. The Morgan fingerprint density at radius 3 is 2.65 bits per heavy atom. The Hall–Kier alpha value is -1.01. The molecule has 1 aromatic rings. The second kappa shape index (κ2) is 5.55. The van der Waals surface area contributed by atoms with Crippen molar-refractivity contribution in [2.45, 2.75) is 13.3 Å². The number of rotatable bonds is 4. The fourth-order valence-corrected chi connectivity index (χ4v) is 3.01. The molecule has 2 rings (SSSR count). The zero-order valence-corrected chi connectivity index (χ0v) is 11.3. The van der Waals surface area contributed by atoms with Crippen molar-refractivity contribution in [3.05, 3.63) is 0 Å². The molecule has 2 N–H and O–H groups in total. The van der Waals surface area contributed by atoms with Gasteiger partial charge in [-0.1, -0.05) is 6.92 Å². The van der Waals surface area contributed by atoms with Crippen molar-refractivity contribution >= 4 is 22.4 Å². The molecule has 1 aliphatic heterocycles. The van der Waals surface area contributed by atoms with Crippen LogP contribution in [0.3, 0.4) is 0 Å². The maximum absolute atomic E-state index is 5.77. The molecular weight excluding hydrogens is 236 g/mol. The van der Waals surface area contributed by atoms with E-state index in [1.54, 1.807) is 7.11 Å². The molecule has 0 atom stereocenters. The Morgan fingerprint density at radius 2 is 2.06 bits per heavy atom. The number of piperazine rings is 1. The highest BCUT2D eigenvalue weighted by atomic mass is 32.1. The maximum Gasteiger partial charge on any atom is 0.197 e. The van der Waals surface area contributed by atoms with Crippen LogP contribution >= 0.6 is 11.5 Å². The molecule has 0 aliphatic carbocycles. The molecule has 2 heterocycles. The summed E-state index contributed by atoms with van der Waals surface area (Å²) in [4.78, 5) is 4.81. The fraction of sp³-hybridized carbons (Fsp3) is 0.727. The van der Waals surface area contributed by atoms with Gasteiger partial charge in [0, 0.05) is 26.2 Å². The van der Waals surface area contributed by atoms with Crippen molar-refractivity contribution in [3.63, 3.8) is 0 Å². The summed E-state index contributed by atoms with van der Waals surface area (Å²) in [5, 5.41) is 1.07. The summed E-state index contributed by atoms with van der Waals surface area (Å²) in [5.74, 6) is 1.24. The van der Waals surface area contributed by atoms with Gasteiger partial charge in [-0.25, -0.2) is 0 Å². The summed E-state index contributed by atoms with van der Waals surface area (Å²) < 4.78 is 9.47. The van der Waals surface area contributed by atoms with Gasteiger partial charge < -0.3 is 15.4 Å². The highest BCUT2D eigenvalue weighted by Gasteiger charge is 2.22. The van der Waals surface area contributed by atoms with Crippen molar-refractivity contribution in [1.82, 2.24) is 9.27 Å². The van der Waals surface area contributed by atoms with Crippen LogP contribution in [0.2, 0.25) is 0 Å². The lowest BCUT2D eigenvalue weighted by Gasteiger charge is -2.35. The molecule has 1 aromatic heterocycles. The molecule has 96 valence electrons. The van der Waals surface area contributed by atoms with Crippen LogP contribution in [0.25, 0.3) is 0 Å². The lowest BCUT2D eigenvalue weighted by Crippen LogP contribution is -2.46. The van der Waals surface area contributed by atoms with Gasteiger partial charge >= 0.3 is 0 Å². The summed E-state index contributed by atoms with van der Waals surface area (Å²) >= 11 is 1.43. The first-order valence-corrected chi connectivity index (χ1v) is 6.80. The van der Waals surface area contributed by atoms with Crippen LogP contribution < -0.4 is 15.4 Å². The predicted octanol–water partition coefficient (Wildman–Crippen LogP) is 1.27. The number of nitrogens with two attached hydrogens (primary N) is 1. The highest BCUT2D eigenvalue weighted by molar-refractivity contribution is 7.11. The van der Waals surface area contributed by atoms with Gasteiger partial charge in [-0.2, -0.15) is 4.37 Å². The highest BCUT2D eigenvalue weighted by Crippen LogP contribution is 2.38. The summed E-state index contributed by atoms with van der Waals surface area (Å²) in [6.07, 6.45) is 1.22. The minimum atomic E-state index is 0.503. The molecular formula is C11H20N4OS. The van der Waals surface area contributed by atoms with E-state index in [0.29, 0.717) is 5.82 Å². The minimum absolute atomic E-state index is 0.503. The molecule has 1 fully saturated rings. The Labute approximate surface area is 106 Å². The minimum Gasteiger partial charge on any atom is -0.490 e. The van der Waals surface area contributed by atoms with Gasteiger partial charge in [-0.3, -0.25) is 4.90 Å². The van der Waals surface area contributed by atoms with Gasteiger partial charge in [0.2, 0.25) is 0 Å². The molecule has 5 nitrogen and oxygen atoms in total. The first-order valence-electron chi connectivity index (χ1n) is 6.02. The summed E-state index contributed by atoms with van der Waals surface area (Å²) in [7, 11) is 1.65. The third kappa shape index (κ3) is 2.63. The third-order valence-electron chi connectivity index (χ3n) is 3.06. The lowest BCUT2D eigenvalue weighted by molar-refractivity contribution is 0.258. The van der Waals surface area contributed by atoms with E-state index in [2.05, 4.69) is 21.1 Å². The molecule has 1 aliphatic rings. The lowest BCUT2D eigenvalue weighted by atomic mass is 10.3. The van der Waals surface area contributed by atoms with Crippen LogP contribution in [0.5, 0.6) is 5.75 Å². The Kier molecular flexibility index (Phi) is 4.06. The van der Waals surface area contributed by atoms with Gasteiger partial charge in [0.15, 0.2) is 16.6 Å². The van der Waals surface area contributed by atoms with Crippen LogP contribution in [0.1, 0.15) is 13.3 Å². The molecule has 0 unspecified atom stereocenters. The van der Waals surface area contributed by atoms with Crippen molar-refractivity contribution in [3.8, 4) is 5.75 Å². The Balaban J connectivity index is 2.00. The van der Waals surface area contributed by atoms with E-state index in [9.17, 15) is 0 Å². The average Bonchev–Trinajstić information content (AvgIpc) is 2.72. The molecule has 0 amide bonds. The van der Waals surface area contributed by atoms with Gasteiger partial charge in [-0.15, -0.1) is 0 Å². The standard InChI is InChI=1S/C11H20N4OS/c1-3-4-14-5-7-15(8-6-14)11-9(16-2)10(12)13-17-11/h3-8H2,1-2H3,(H2,12,13). The first-order chi connectivity index (χ1) is 8.26. The topological polar surface area (TPSA) is 54.6 Å². The molecule has 0 bridgehead atoms. The van der Waals surface area contributed by atoms with E-state index in [4.69, 9.17) is 10.5 Å². The summed E-state index contributed by atoms with van der Waals surface area (Å²) in [6, 6.07) is 0. The van der Waals surface area contributed by atoms with Crippen molar-refractivity contribution in [1.29, 1.82) is 0 Å². The molecule has 0 aromatic carbocycles. The van der Waals surface area contributed by atoms with Crippen molar-refractivity contribution < 1.29 is 4.74 Å². The molecule has 0 radical (unpaired) electrons. The molecule has 0 spiro atoms. The van der Waals surface area contributed by atoms with Gasteiger partial charge in [0.05, 0.1) is 7.11 Å². The van der Waals surface area contributed by atoms with E-state index in [-0.39, 0.29) is 0 Å². The van der Waals surface area contributed by atoms with E-state index in [1.165, 1.54) is 24.5 Å². The number of aromatic nitrogens is 1. The maximum atomic E-state index is 5.77. The van der Waals surface area contributed by atoms with Gasteiger partial charge in [0.25, 0.3) is 0 Å². The first kappa shape index (κ1) is 12.4. The van der Waals surface area contributed by atoms with Gasteiger partial charge in [-0.05, 0) is 24.5 Å². The number of methoxy groups -OCH3 is 1. The van der Waals surface area contributed by atoms with E-state index < -0.39 is 0 Å². The molecule has 17 heavy (non-hydrogen) atoms. The number of hydrogen-bond donors (Lipinski definition) is 1. The Morgan fingerprint density at radius 1 is 1.35 bits per heavy atom. The van der Waals surface area contributed by atoms with Gasteiger partial charge in [0.1, 0.15) is 0 Å². The van der Waals surface area contributed by atoms with Crippen molar-refractivity contribution in [2.24, 2.45) is 0 Å². The Bertz CT molecular complexity index is 360. The van der Waals surface area contributed by atoms with Crippen LogP contribution in [0.4, 0.5) is 10.8 Å². The largest absolute Gasteiger partial charge is 0.490 e. The second-order valence-corrected chi connectivity index (χ2v) is 4.99. The van der Waals surface area contributed by atoms with E-state index >= 15 is 0 Å². The summed E-state index contributed by atoms with van der Waals surface area (Å²) in [6.45, 7) is 7.68. The number of hydrogen-bond acceptors (Lipinski definition) is 6. The van der Waals surface area contributed by atoms with Crippen LogP contribution in [0, 0.1) is 0 Å². The normalized spacial score (nSPS) is 17.4. The van der Waals surface area contributed by atoms with Crippen molar-refractivity contribution in [2.75, 3.05) is 50.5 Å². The van der Waals surface area contributed by atoms with Crippen LogP contribution in [0.15, 0.2) is 0 Å². The number of anilines is 2. The van der Waals surface area contributed by atoms with E-state index in [0.717, 1.165) is 36.9 Å². The fourth-order valence-electron chi connectivity index (χ4n) is 2.17. The third-order valence-corrected chi connectivity index (χ3v) is 3.97. The summed E-state index contributed by atoms with van der Waals surface area (Å²) in [5.41, 5.74) is 5.77. The zero-order valence-electron chi connectivity index (χ0n) is 10.5. The smallest absolute Gasteiger partial charge is 0.197 e. The molecule has 0 saturated carbocycles. The predicted molar refractivity (Wildman–Crippen MR) is 72.0 cm³/mol. The average molecular weight is 256 g/mol.